The fourth-order valence-corrected chi connectivity index (χ4v) is 1.39. The Morgan fingerprint density at radius 3 is 2.53 bits per heavy atom. The van der Waals surface area contributed by atoms with Crippen LogP contribution in [0.4, 0.5) is 0 Å². The molecule has 1 amide bonds. The summed E-state index contributed by atoms with van der Waals surface area (Å²) >= 11 is 0. The van der Waals surface area contributed by atoms with Crippen LogP contribution in [0.1, 0.15) is 43.6 Å². The average Bonchev–Trinajstić information content (AvgIpc) is 2.17. The van der Waals surface area contributed by atoms with Gasteiger partial charge < -0.3 is 5.32 Å². The number of benzene rings is 1. The highest BCUT2D eigenvalue weighted by molar-refractivity contribution is 5.94. The van der Waals surface area contributed by atoms with E-state index < -0.39 is 0 Å². The maximum Gasteiger partial charge on any atom is 0.251 e. The first-order chi connectivity index (χ1) is 6.95. The topological polar surface area (TPSA) is 29.1 Å². The Bertz CT molecular complexity index is 350. The summed E-state index contributed by atoms with van der Waals surface area (Å²) in [4.78, 5) is 11.6. The van der Waals surface area contributed by atoms with Crippen LogP contribution in [0.25, 0.3) is 0 Å². The van der Waals surface area contributed by atoms with Gasteiger partial charge in [-0.05, 0) is 30.0 Å². The number of nitrogens with one attached hydrogen (secondary N) is 1. The molecule has 0 aliphatic heterocycles. The van der Waals surface area contributed by atoms with Crippen LogP contribution in [0.3, 0.4) is 0 Å². The number of rotatable bonds is 2. The van der Waals surface area contributed by atoms with Crippen molar-refractivity contribution in [3.05, 3.63) is 35.4 Å². The minimum Gasteiger partial charge on any atom is -0.352 e. The summed E-state index contributed by atoms with van der Waals surface area (Å²) in [7, 11) is 0. The molecule has 1 rings (SSSR count). The number of hydrogen-bond donors (Lipinski definition) is 1. The van der Waals surface area contributed by atoms with Crippen molar-refractivity contribution in [2.45, 2.75) is 33.1 Å². The molecule has 1 N–H and O–H groups in total. The predicted octanol–water partition coefficient (Wildman–Crippen LogP) is 2.73. The SMILES string of the molecule is CCNC(=O)c1cccc(C(C)(C)C)c1. The van der Waals surface area contributed by atoms with Crippen LogP contribution in [0.15, 0.2) is 24.3 Å². The van der Waals surface area contributed by atoms with Crippen molar-refractivity contribution in [1.82, 2.24) is 5.32 Å². The summed E-state index contributed by atoms with van der Waals surface area (Å²) in [5.74, 6) is 0.00333. The van der Waals surface area contributed by atoms with Crippen LogP contribution >= 0.6 is 0 Å². The highest BCUT2D eigenvalue weighted by atomic mass is 16.1. The van der Waals surface area contributed by atoms with Crippen molar-refractivity contribution < 1.29 is 4.79 Å². The zero-order valence-corrected chi connectivity index (χ0v) is 9.92. The van der Waals surface area contributed by atoms with Crippen LogP contribution in [-0.4, -0.2) is 12.5 Å². The molecule has 0 aromatic heterocycles. The third-order valence-corrected chi connectivity index (χ3v) is 2.33. The molecule has 0 unspecified atom stereocenters. The number of carbonyl (C=O) groups is 1. The Labute approximate surface area is 91.7 Å². The van der Waals surface area contributed by atoms with Gasteiger partial charge in [0.25, 0.3) is 5.91 Å². The summed E-state index contributed by atoms with van der Waals surface area (Å²) in [6.07, 6.45) is 0. The maximum absolute atomic E-state index is 11.6. The van der Waals surface area contributed by atoms with E-state index in [0.29, 0.717) is 6.54 Å². The summed E-state index contributed by atoms with van der Waals surface area (Å²) in [5.41, 5.74) is 2.01. The third-order valence-electron chi connectivity index (χ3n) is 2.33. The summed E-state index contributed by atoms with van der Waals surface area (Å²) in [6, 6.07) is 7.80. The molecule has 2 nitrogen and oxygen atoms in total. The van der Waals surface area contributed by atoms with E-state index in [-0.39, 0.29) is 11.3 Å². The Hall–Kier alpha value is -1.31. The Kier molecular flexibility index (Phi) is 3.51. The van der Waals surface area contributed by atoms with E-state index in [2.05, 4.69) is 32.2 Å². The first-order valence-corrected chi connectivity index (χ1v) is 5.34. The van der Waals surface area contributed by atoms with Crippen molar-refractivity contribution in [2.75, 3.05) is 6.54 Å². The quantitative estimate of drug-likeness (QED) is 0.790. The molecule has 0 heterocycles. The van der Waals surface area contributed by atoms with Gasteiger partial charge in [0.15, 0.2) is 0 Å². The first kappa shape index (κ1) is 11.8. The lowest BCUT2D eigenvalue weighted by Crippen LogP contribution is -2.23. The van der Waals surface area contributed by atoms with Crippen LogP contribution in [0, 0.1) is 0 Å². The number of carbonyl (C=O) groups excluding carboxylic acids is 1. The predicted molar refractivity (Wildman–Crippen MR) is 63.1 cm³/mol. The van der Waals surface area contributed by atoms with E-state index in [0.717, 1.165) is 5.56 Å². The molecule has 15 heavy (non-hydrogen) atoms. The smallest absolute Gasteiger partial charge is 0.251 e. The average molecular weight is 205 g/mol. The van der Waals surface area contributed by atoms with Gasteiger partial charge in [-0.2, -0.15) is 0 Å². The van der Waals surface area contributed by atoms with E-state index in [1.807, 2.05) is 25.1 Å². The van der Waals surface area contributed by atoms with Gasteiger partial charge in [-0.25, -0.2) is 0 Å². The van der Waals surface area contributed by atoms with E-state index >= 15 is 0 Å². The second kappa shape index (κ2) is 4.47. The van der Waals surface area contributed by atoms with E-state index in [1.165, 1.54) is 5.56 Å². The summed E-state index contributed by atoms with van der Waals surface area (Å²) in [5, 5.41) is 2.80. The molecule has 0 spiro atoms. The lowest BCUT2D eigenvalue weighted by atomic mass is 9.86. The molecule has 82 valence electrons. The van der Waals surface area contributed by atoms with Gasteiger partial charge in [0.1, 0.15) is 0 Å². The van der Waals surface area contributed by atoms with Crippen molar-refractivity contribution in [1.29, 1.82) is 0 Å². The zero-order valence-electron chi connectivity index (χ0n) is 9.92. The molecule has 2 heteroatoms. The van der Waals surface area contributed by atoms with Crippen molar-refractivity contribution >= 4 is 5.91 Å². The molecule has 0 radical (unpaired) electrons. The van der Waals surface area contributed by atoms with Crippen LogP contribution < -0.4 is 5.32 Å². The third kappa shape index (κ3) is 3.08. The Balaban J connectivity index is 2.98. The largest absolute Gasteiger partial charge is 0.352 e. The van der Waals surface area contributed by atoms with E-state index in [9.17, 15) is 4.79 Å². The molecule has 0 aliphatic rings. The van der Waals surface area contributed by atoms with E-state index in [1.54, 1.807) is 0 Å². The van der Waals surface area contributed by atoms with Gasteiger partial charge in [-0.3, -0.25) is 4.79 Å². The zero-order chi connectivity index (χ0) is 11.5. The monoisotopic (exact) mass is 205 g/mol. The minimum atomic E-state index is 0.00333. The van der Waals surface area contributed by atoms with Gasteiger partial charge in [0.2, 0.25) is 0 Å². The molecule has 1 aromatic carbocycles. The second-order valence-electron chi connectivity index (χ2n) is 4.69. The molecule has 0 saturated carbocycles. The lowest BCUT2D eigenvalue weighted by Gasteiger charge is -2.19. The van der Waals surface area contributed by atoms with Crippen molar-refractivity contribution in [2.24, 2.45) is 0 Å². The highest BCUT2D eigenvalue weighted by Gasteiger charge is 2.15. The summed E-state index contributed by atoms with van der Waals surface area (Å²) < 4.78 is 0. The Morgan fingerprint density at radius 1 is 1.33 bits per heavy atom. The molecule has 0 bridgehead atoms. The molecule has 0 aliphatic carbocycles. The van der Waals surface area contributed by atoms with Gasteiger partial charge in [-0.15, -0.1) is 0 Å². The fraction of sp³-hybridized carbons (Fsp3) is 0.462. The first-order valence-electron chi connectivity index (χ1n) is 5.34. The molecule has 0 saturated heterocycles. The standard InChI is InChI=1S/C13H19NO/c1-5-14-12(15)10-7-6-8-11(9-10)13(2,3)4/h6-9H,5H2,1-4H3,(H,14,15). The van der Waals surface area contributed by atoms with Gasteiger partial charge >= 0.3 is 0 Å². The second-order valence-corrected chi connectivity index (χ2v) is 4.69. The van der Waals surface area contributed by atoms with E-state index in [4.69, 9.17) is 0 Å². The highest BCUT2D eigenvalue weighted by Crippen LogP contribution is 2.22. The van der Waals surface area contributed by atoms with Gasteiger partial charge in [0.05, 0.1) is 0 Å². The molecular weight excluding hydrogens is 186 g/mol. The normalized spacial score (nSPS) is 11.2. The molecular formula is C13H19NO. The Morgan fingerprint density at radius 2 is 2.00 bits per heavy atom. The van der Waals surface area contributed by atoms with Crippen LogP contribution in [0.2, 0.25) is 0 Å². The van der Waals surface area contributed by atoms with Gasteiger partial charge in [-0.1, -0.05) is 32.9 Å². The lowest BCUT2D eigenvalue weighted by molar-refractivity contribution is 0.0955. The molecule has 1 aromatic rings. The minimum absolute atomic E-state index is 0.00333. The van der Waals surface area contributed by atoms with Crippen molar-refractivity contribution in [3.63, 3.8) is 0 Å². The van der Waals surface area contributed by atoms with Crippen molar-refractivity contribution in [3.8, 4) is 0 Å². The number of amides is 1. The van der Waals surface area contributed by atoms with Crippen LogP contribution in [0.5, 0.6) is 0 Å². The maximum atomic E-state index is 11.6. The molecule has 0 atom stereocenters. The fourth-order valence-electron chi connectivity index (χ4n) is 1.39. The summed E-state index contributed by atoms with van der Waals surface area (Å²) in [6.45, 7) is 9.02. The van der Waals surface area contributed by atoms with Gasteiger partial charge in [0, 0.05) is 12.1 Å². The van der Waals surface area contributed by atoms with Crippen LogP contribution in [-0.2, 0) is 5.41 Å². The molecule has 0 fully saturated rings. The number of hydrogen-bond acceptors (Lipinski definition) is 1.